The number of pyridine rings is 1. The molecule has 0 spiro atoms. The molecule has 1 heterocycles. The molecule has 0 bridgehead atoms. The molecule has 1 rings (SSSR count). The first-order valence-electron chi connectivity index (χ1n) is 4.39. The SMILES string of the molecule is CC(C)CNC(=O)c1ccccn1.[HH]. The van der Waals surface area contributed by atoms with E-state index in [1.54, 1.807) is 24.4 Å². The number of carbonyl (C=O) groups excluding carboxylic acids is 1. The highest BCUT2D eigenvalue weighted by atomic mass is 16.1. The molecule has 0 aliphatic carbocycles. The highest BCUT2D eigenvalue weighted by Crippen LogP contribution is 1.94. The number of amides is 1. The summed E-state index contributed by atoms with van der Waals surface area (Å²) in [7, 11) is 0. The van der Waals surface area contributed by atoms with E-state index in [-0.39, 0.29) is 7.33 Å². The van der Waals surface area contributed by atoms with E-state index in [9.17, 15) is 4.79 Å². The quantitative estimate of drug-likeness (QED) is 0.769. The minimum absolute atomic E-state index is 0. The van der Waals surface area contributed by atoms with Crippen LogP contribution in [-0.4, -0.2) is 17.4 Å². The summed E-state index contributed by atoms with van der Waals surface area (Å²) in [5.74, 6) is 0.363. The van der Waals surface area contributed by atoms with E-state index >= 15 is 0 Å². The molecule has 0 aliphatic rings. The van der Waals surface area contributed by atoms with Gasteiger partial charge in [0.25, 0.3) is 5.91 Å². The third-order valence-electron chi connectivity index (χ3n) is 1.57. The summed E-state index contributed by atoms with van der Waals surface area (Å²) in [5.41, 5.74) is 0.475. The van der Waals surface area contributed by atoms with E-state index in [0.29, 0.717) is 18.2 Å². The van der Waals surface area contributed by atoms with Crippen molar-refractivity contribution in [3.05, 3.63) is 30.1 Å². The molecule has 0 atom stereocenters. The van der Waals surface area contributed by atoms with Crippen molar-refractivity contribution in [2.24, 2.45) is 5.92 Å². The van der Waals surface area contributed by atoms with Crippen molar-refractivity contribution in [3.63, 3.8) is 0 Å². The van der Waals surface area contributed by atoms with Gasteiger partial charge in [0.05, 0.1) is 0 Å². The lowest BCUT2D eigenvalue weighted by molar-refractivity contribution is 0.0944. The van der Waals surface area contributed by atoms with Crippen LogP contribution in [0.5, 0.6) is 0 Å². The molecular weight excluding hydrogens is 164 g/mol. The van der Waals surface area contributed by atoms with Crippen molar-refractivity contribution in [1.82, 2.24) is 10.3 Å². The second kappa shape index (κ2) is 4.60. The molecule has 1 N–H and O–H groups in total. The summed E-state index contributed by atoms with van der Waals surface area (Å²) in [6.45, 7) is 4.80. The van der Waals surface area contributed by atoms with Crippen LogP contribution in [0.25, 0.3) is 0 Å². The zero-order valence-electron chi connectivity index (χ0n) is 7.95. The third kappa shape index (κ3) is 3.23. The number of aromatic nitrogens is 1. The maximum Gasteiger partial charge on any atom is 0.269 e. The average molecular weight is 180 g/mol. The summed E-state index contributed by atoms with van der Waals surface area (Å²) >= 11 is 0. The summed E-state index contributed by atoms with van der Waals surface area (Å²) in [4.78, 5) is 15.3. The van der Waals surface area contributed by atoms with Gasteiger partial charge in [0, 0.05) is 14.2 Å². The van der Waals surface area contributed by atoms with Gasteiger partial charge in [-0.25, -0.2) is 0 Å². The van der Waals surface area contributed by atoms with Crippen molar-refractivity contribution >= 4 is 5.91 Å². The second-order valence-corrected chi connectivity index (χ2v) is 3.32. The Morgan fingerprint density at radius 2 is 2.38 bits per heavy atom. The van der Waals surface area contributed by atoms with Gasteiger partial charge in [0.2, 0.25) is 0 Å². The van der Waals surface area contributed by atoms with Crippen LogP contribution in [0, 0.1) is 5.92 Å². The highest BCUT2D eigenvalue weighted by molar-refractivity contribution is 5.92. The molecule has 1 aromatic rings. The van der Waals surface area contributed by atoms with Crippen LogP contribution >= 0.6 is 0 Å². The molecule has 0 saturated carbocycles. The van der Waals surface area contributed by atoms with Crippen molar-refractivity contribution < 1.29 is 6.22 Å². The zero-order valence-corrected chi connectivity index (χ0v) is 7.95. The minimum atomic E-state index is -0.102. The Bertz CT molecular complexity index is 275. The monoisotopic (exact) mass is 180 g/mol. The highest BCUT2D eigenvalue weighted by Gasteiger charge is 2.05. The largest absolute Gasteiger partial charge is 0.350 e. The normalized spacial score (nSPS) is 10.1. The Labute approximate surface area is 79.7 Å². The molecule has 1 amide bonds. The topological polar surface area (TPSA) is 42.0 Å². The lowest BCUT2D eigenvalue weighted by atomic mass is 10.2. The molecule has 0 aliphatic heterocycles. The number of hydrogen-bond donors (Lipinski definition) is 1. The van der Waals surface area contributed by atoms with Gasteiger partial charge in [0.15, 0.2) is 0 Å². The Hall–Kier alpha value is -1.38. The fraction of sp³-hybridized carbons (Fsp3) is 0.400. The molecule has 72 valence electrons. The fourth-order valence-electron chi connectivity index (χ4n) is 0.884. The van der Waals surface area contributed by atoms with Crippen LogP contribution in [0.15, 0.2) is 24.4 Å². The summed E-state index contributed by atoms with van der Waals surface area (Å²) in [5, 5.41) is 2.80. The molecule has 3 nitrogen and oxygen atoms in total. The van der Waals surface area contributed by atoms with Gasteiger partial charge in [-0.2, -0.15) is 0 Å². The van der Waals surface area contributed by atoms with E-state index in [1.165, 1.54) is 0 Å². The van der Waals surface area contributed by atoms with E-state index < -0.39 is 0 Å². The second-order valence-electron chi connectivity index (χ2n) is 3.32. The Balaban J connectivity index is 0.00000169. The van der Waals surface area contributed by atoms with Gasteiger partial charge in [-0.15, -0.1) is 0 Å². The van der Waals surface area contributed by atoms with E-state index in [0.717, 1.165) is 0 Å². The predicted molar refractivity (Wildman–Crippen MR) is 53.5 cm³/mol. The van der Waals surface area contributed by atoms with Gasteiger partial charge in [-0.3, -0.25) is 9.78 Å². The van der Waals surface area contributed by atoms with Crippen LogP contribution in [0.3, 0.4) is 0 Å². The zero-order chi connectivity index (χ0) is 9.68. The van der Waals surface area contributed by atoms with E-state index in [1.807, 2.05) is 0 Å². The number of rotatable bonds is 3. The third-order valence-corrected chi connectivity index (χ3v) is 1.57. The summed E-state index contributed by atoms with van der Waals surface area (Å²) in [6.07, 6.45) is 1.62. The van der Waals surface area contributed by atoms with Gasteiger partial charge in [-0.1, -0.05) is 19.9 Å². The van der Waals surface area contributed by atoms with Crippen LogP contribution < -0.4 is 5.32 Å². The van der Waals surface area contributed by atoms with Crippen LogP contribution in [0.1, 0.15) is 25.8 Å². The Morgan fingerprint density at radius 1 is 1.62 bits per heavy atom. The van der Waals surface area contributed by atoms with Crippen molar-refractivity contribution in [2.75, 3.05) is 6.54 Å². The molecule has 0 fully saturated rings. The maximum atomic E-state index is 11.4. The first-order valence-corrected chi connectivity index (χ1v) is 4.39. The number of hydrogen-bond acceptors (Lipinski definition) is 2. The average Bonchev–Trinajstić information content (AvgIpc) is 2.15. The first-order chi connectivity index (χ1) is 6.20. The predicted octanol–water partition coefficient (Wildman–Crippen LogP) is 1.71. The molecule has 0 saturated heterocycles. The van der Waals surface area contributed by atoms with Crippen LogP contribution in [0.2, 0.25) is 0 Å². The first kappa shape index (κ1) is 9.71. The minimum Gasteiger partial charge on any atom is -0.350 e. The molecule has 13 heavy (non-hydrogen) atoms. The number of nitrogens with one attached hydrogen (secondary N) is 1. The Morgan fingerprint density at radius 3 is 2.92 bits per heavy atom. The standard InChI is InChI=1S/C10H14N2O.H2/c1-8(2)7-12-10(13)9-5-3-4-6-11-9;/h3-6,8H,7H2,1-2H3,(H,12,13);1H. The van der Waals surface area contributed by atoms with Gasteiger partial charge < -0.3 is 5.32 Å². The lowest BCUT2D eigenvalue weighted by Gasteiger charge is -2.06. The summed E-state index contributed by atoms with van der Waals surface area (Å²) < 4.78 is 0. The van der Waals surface area contributed by atoms with Gasteiger partial charge >= 0.3 is 0 Å². The lowest BCUT2D eigenvalue weighted by Crippen LogP contribution is -2.27. The molecular formula is C10H16N2O. The molecule has 3 heteroatoms. The van der Waals surface area contributed by atoms with Crippen molar-refractivity contribution in [2.45, 2.75) is 13.8 Å². The number of nitrogens with zero attached hydrogens (tertiary/aromatic N) is 1. The van der Waals surface area contributed by atoms with E-state index in [2.05, 4.69) is 24.1 Å². The van der Waals surface area contributed by atoms with Crippen LogP contribution in [-0.2, 0) is 0 Å². The number of carbonyl (C=O) groups is 1. The maximum absolute atomic E-state index is 11.4. The molecule has 0 aromatic carbocycles. The molecule has 1 aromatic heterocycles. The smallest absolute Gasteiger partial charge is 0.269 e. The molecule has 0 radical (unpaired) electrons. The van der Waals surface area contributed by atoms with Gasteiger partial charge in [-0.05, 0) is 18.1 Å². The Kier molecular flexibility index (Phi) is 3.43. The van der Waals surface area contributed by atoms with Crippen LogP contribution in [0.4, 0.5) is 0 Å². The van der Waals surface area contributed by atoms with E-state index in [4.69, 9.17) is 0 Å². The van der Waals surface area contributed by atoms with Gasteiger partial charge in [0.1, 0.15) is 5.69 Å². The fourth-order valence-corrected chi connectivity index (χ4v) is 0.884. The molecule has 0 unspecified atom stereocenters. The van der Waals surface area contributed by atoms with Crippen molar-refractivity contribution in [3.8, 4) is 0 Å². The summed E-state index contributed by atoms with van der Waals surface area (Å²) in [6, 6.07) is 5.30. The van der Waals surface area contributed by atoms with Crippen molar-refractivity contribution in [1.29, 1.82) is 0 Å².